The van der Waals surface area contributed by atoms with Gasteiger partial charge in [-0.15, -0.1) is 0 Å². The maximum atomic E-state index is 10.3. The molecular weight excluding hydrogens is 220 g/mol. The van der Waals surface area contributed by atoms with Crippen LogP contribution >= 0.6 is 0 Å². The van der Waals surface area contributed by atoms with Gasteiger partial charge in [0.1, 0.15) is 6.10 Å². The van der Waals surface area contributed by atoms with Crippen LogP contribution in [0.25, 0.3) is 0 Å². The van der Waals surface area contributed by atoms with Crippen LogP contribution in [0.3, 0.4) is 0 Å². The lowest BCUT2D eigenvalue weighted by atomic mass is 9.96. The lowest BCUT2D eigenvalue weighted by molar-refractivity contribution is 0.220. The Morgan fingerprint density at radius 3 is 2.00 bits per heavy atom. The first kappa shape index (κ1) is 12.8. The van der Waals surface area contributed by atoms with Crippen LogP contribution < -0.4 is 0 Å². The Kier molecular flexibility index (Phi) is 3.83. The molecule has 1 N–H and O–H groups in total. The molecule has 0 spiro atoms. The summed E-state index contributed by atoms with van der Waals surface area (Å²) in [4.78, 5) is 0. The predicted octanol–water partition coefficient (Wildman–Crippen LogP) is 4.20. The Morgan fingerprint density at radius 1 is 0.833 bits per heavy atom. The molecule has 0 unspecified atom stereocenters. The van der Waals surface area contributed by atoms with Crippen LogP contribution in [0.15, 0.2) is 48.5 Å². The van der Waals surface area contributed by atoms with Gasteiger partial charge in [0.05, 0.1) is 0 Å². The molecule has 2 aromatic rings. The van der Waals surface area contributed by atoms with E-state index >= 15 is 0 Å². The second-order valence-electron chi connectivity index (χ2n) is 5.14. The Balaban J connectivity index is 2.26. The van der Waals surface area contributed by atoms with Crippen molar-refractivity contribution >= 4 is 0 Å². The molecule has 18 heavy (non-hydrogen) atoms. The second kappa shape index (κ2) is 5.36. The second-order valence-corrected chi connectivity index (χ2v) is 5.14. The molecular formula is C17H20O. The van der Waals surface area contributed by atoms with E-state index in [2.05, 4.69) is 26.0 Å². The summed E-state index contributed by atoms with van der Waals surface area (Å²) in [6.45, 7) is 6.38. The number of aliphatic hydroxyl groups excluding tert-OH is 1. The van der Waals surface area contributed by atoms with Crippen LogP contribution in [0, 0.1) is 6.92 Å². The maximum Gasteiger partial charge on any atom is 0.104 e. The van der Waals surface area contributed by atoms with Gasteiger partial charge in [0, 0.05) is 0 Å². The van der Waals surface area contributed by atoms with Gasteiger partial charge in [0.15, 0.2) is 0 Å². The van der Waals surface area contributed by atoms with Crippen molar-refractivity contribution < 1.29 is 5.11 Å². The zero-order valence-electron chi connectivity index (χ0n) is 11.2. The van der Waals surface area contributed by atoms with Crippen molar-refractivity contribution in [2.45, 2.75) is 32.8 Å². The maximum absolute atomic E-state index is 10.3. The Labute approximate surface area is 109 Å². The van der Waals surface area contributed by atoms with Crippen LogP contribution in [0.5, 0.6) is 0 Å². The molecule has 0 aliphatic rings. The molecule has 0 aliphatic carbocycles. The smallest absolute Gasteiger partial charge is 0.104 e. The molecule has 0 aliphatic heterocycles. The lowest BCUT2D eigenvalue weighted by Gasteiger charge is -2.13. The fourth-order valence-corrected chi connectivity index (χ4v) is 2.10. The standard InChI is InChI=1S/C17H20O/c1-12(2)14-7-9-15(10-8-14)17(18)16-6-4-5-13(3)11-16/h4-12,17-18H,1-3H3/t17-/m1/s1. The van der Waals surface area contributed by atoms with Crippen molar-refractivity contribution in [1.82, 2.24) is 0 Å². The van der Waals surface area contributed by atoms with E-state index in [4.69, 9.17) is 0 Å². The van der Waals surface area contributed by atoms with E-state index in [-0.39, 0.29) is 0 Å². The fraction of sp³-hybridized carbons (Fsp3) is 0.294. The van der Waals surface area contributed by atoms with Gasteiger partial charge in [0.2, 0.25) is 0 Å². The summed E-state index contributed by atoms with van der Waals surface area (Å²) in [6, 6.07) is 16.2. The minimum atomic E-state index is -0.536. The molecule has 0 bridgehead atoms. The molecule has 1 heteroatoms. The van der Waals surface area contributed by atoms with Crippen molar-refractivity contribution in [2.75, 3.05) is 0 Å². The lowest BCUT2D eigenvalue weighted by Crippen LogP contribution is -2.00. The van der Waals surface area contributed by atoms with Crippen molar-refractivity contribution in [3.05, 3.63) is 70.8 Å². The van der Waals surface area contributed by atoms with Crippen molar-refractivity contribution in [3.8, 4) is 0 Å². The van der Waals surface area contributed by atoms with Gasteiger partial charge in [-0.2, -0.15) is 0 Å². The van der Waals surface area contributed by atoms with E-state index in [1.807, 2.05) is 43.3 Å². The van der Waals surface area contributed by atoms with Gasteiger partial charge >= 0.3 is 0 Å². The van der Waals surface area contributed by atoms with E-state index in [9.17, 15) is 5.11 Å². The average molecular weight is 240 g/mol. The van der Waals surface area contributed by atoms with Crippen molar-refractivity contribution in [3.63, 3.8) is 0 Å². The minimum Gasteiger partial charge on any atom is -0.384 e. The highest BCUT2D eigenvalue weighted by Gasteiger charge is 2.10. The first-order valence-electron chi connectivity index (χ1n) is 6.42. The molecule has 0 saturated heterocycles. The third-order valence-corrected chi connectivity index (χ3v) is 3.28. The zero-order chi connectivity index (χ0) is 13.1. The molecule has 94 valence electrons. The van der Waals surface area contributed by atoms with E-state index in [1.54, 1.807) is 0 Å². The highest BCUT2D eigenvalue weighted by molar-refractivity contribution is 5.34. The molecule has 2 aromatic carbocycles. The molecule has 0 aromatic heterocycles. The summed E-state index contributed by atoms with van der Waals surface area (Å²) in [5.74, 6) is 0.523. The van der Waals surface area contributed by atoms with Crippen molar-refractivity contribution in [1.29, 1.82) is 0 Å². The van der Waals surface area contributed by atoms with Gasteiger partial charge in [0.25, 0.3) is 0 Å². The molecule has 0 amide bonds. The molecule has 2 rings (SSSR count). The molecule has 0 heterocycles. The highest BCUT2D eigenvalue weighted by Crippen LogP contribution is 2.24. The van der Waals surface area contributed by atoms with Crippen LogP contribution in [0.4, 0.5) is 0 Å². The van der Waals surface area contributed by atoms with Crippen LogP contribution in [0.2, 0.25) is 0 Å². The quantitative estimate of drug-likeness (QED) is 0.852. The third-order valence-electron chi connectivity index (χ3n) is 3.28. The third kappa shape index (κ3) is 2.80. The summed E-state index contributed by atoms with van der Waals surface area (Å²) >= 11 is 0. The summed E-state index contributed by atoms with van der Waals surface area (Å²) in [5, 5.41) is 10.3. The fourth-order valence-electron chi connectivity index (χ4n) is 2.10. The molecule has 1 nitrogen and oxygen atoms in total. The van der Waals surface area contributed by atoms with Gasteiger partial charge in [-0.05, 0) is 29.5 Å². The topological polar surface area (TPSA) is 20.2 Å². The van der Waals surface area contributed by atoms with Gasteiger partial charge in [-0.25, -0.2) is 0 Å². The van der Waals surface area contributed by atoms with E-state index in [0.29, 0.717) is 5.92 Å². The summed E-state index contributed by atoms with van der Waals surface area (Å²) in [7, 11) is 0. The van der Waals surface area contributed by atoms with Crippen molar-refractivity contribution in [2.24, 2.45) is 0 Å². The Hall–Kier alpha value is -1.60. The average Bonchev–Trinajstić information content (AvgIpc) is 2.38. The van der Waals surface area contributed by atoms with Gasteiger partial charge in [-0.1, -0.05) is 67.9 Å². The van der Waals surface area contributed by atoms with Crippen LogP contribution in [0.1, 0.15) is 48.1 Å². The first-order chi connectivity index (χ1) is 8.58. The number of benzene rings is 2. The molecule has 0 fully saturated rings. The number of aliphatic hydroxyl groups is 1. The highest BCUT2D eigenvalue weighted by atomic mass is 16.3. The normalized spacial score (nSPS) is 12.7. The minimum absolute atomic E-state index is 0.523. The van der Waals surface area contributed by atoms with E-state index in [1.165, 1.54) is 11.1 Å². The van der Waals surface area contributed by atoms with Gasteiger partial charge < -0.3 is 5.11 Å². The predicted molar refractivity (Wildman–Crippen MR) is 75.8 cm³/mol. The van der Waals surface area contributed by atoms with Crippen LogP contribution in [-0.2, 0) is 0 Å². The summed E-state index contributed by atoms with van der Waals surface area (Å²) in [6.07, 6.45) is -0.536. The van der Waals surface area contributed by atoms with E-state index in [0.717, 1.165) is 11.1 Å². The summed E-state index contributed by atoms with van der Waals surface area (Å²) < 4.78 is 0. The molecule has 1 atom stereocenters. The van der Waals surface area contributed by atoms with Gasteiger partial charge in [-0.3, -0.25) is 0 Å². The monoisotopic (exact) mass is 240 g/mol. The zero-order valence-corrected chi connectivity index (χ0v) is 11.2. The largest absolute Gasteiger partial charge is 0.384 e. The Morgan fingerprint density at radius 2 is 1.44 bits per heavy atom. The molecule has 0 radical (unpaired) electrons. The number of hydrogen-bond donors (Lipinski definition) is 1. The number of rotatable bonds is 3. The molecule has 0 saturated carbocycles. The Bertz CT molecular complexity index is 511. The SMILES string of the molecule is Cc1cccc([C@H](O)c2ccc(C(C)C)cc2)c1. The first-order valence-corrected chi connectivity index (χ1v) is 6.42. The number of hydrogen-bond acceptors (Lipinski definition) is 1. The van der Waals surface area contributed by atoms with Crippen LogP contribution in [-0.4, -0.2) is 5.11 Å². The van der Waals surface area contributed by atoms with E-state index < -0.39 is 6.10 Å². The summed E-state index contributed by atoms with van der Waals surface area (Å²) in [5.41, 5.74) is 4.37. The number of aryl methyl sites for hydroxylation is 1.